The van der Waals surface area contributed by atoms with Gasteiger partial charge in [-0.25, -0.2) is 0 Å². The number of carbonyl (C=O) groups is 3. The number of hydrogen-bond donors (Lipinski definition) is 1. The average molecular weight is 363 g/mol. The molecular weight excluding hydrogens is 342 g/mol. The third-order valence-electron chi connectivity index (χ3n) is 5.10. The van der Waals surface area contributed by atoms with Crippen LogP contribution in [-0.2, 0) is 20.8 Å². The maximum atomic E-state index is 12.8. The zero-order valence-corrected chi connectivity index (χ0v) is 15.1. The summed E-state index contributed by atoms with van der Waals surface area (Å²) in [6, 6.07) is 15.2. The predicted molar refractivity (Wildman–Crippen MR) is 104 cm³/mol. The predicted octanol–water partition coefficient (Wildman–Crippen LogP) is 2.73. The van der Waals surface area contributed by atoms with Crippen molar-refractivity contribution >= 4 is 34.8 Å². The minimum Gasteiger partial charge on any atom is -0.323 e. The lowest BCUT2D eigenvalue weighted by molar-refractivity contribution is -0.124. The molecular formula is C21H21N3O3. The Morgan fingerprint density at radius 1 is 1.00 bits per heavy atom. The fraction of sp³-hybridized carbons (Fsp3) is 0.286. The Hall–Kier alpha value is -3.15. The minimum absolute atomic E-state index is 0.0208. The fourth-order valence-electron chi connectivity index (χ4n) is 3.87. The number of nitrogens with zero attached hydrogens (tertiary/aromatic N) is 2. The van der Waals surface area contributed by atoms with Gasteiger partial charge in [0.05, 0.1) is 11.4 Å². The summed E-state index contributed by atoms with van der Waals surface area (Å²) < 4.78 is 0. The second kappa shape index (κ2) is 6.87. The van der Waals surface area contributed by atoms with Gasteiger partial charge in [-0.15, -0.1) is 0 Å². The highest BCUT2D eigenvalue weighted by Crippen LogP contribution is 2.33. The molecule has 0 spiro atoms. The first-order valence-electron chi connectivity index (χ1n) is 9.14. The summed E-state index contributed by atoms with van der Waals surface area (Å²) >= 11 is 0. The van der Waals surface area contributed by atoms with Gasteiger partial charge in [-0.1, -0.05) is 30.3 Å². The molecule has 4 rings (SSSR count). The number of benzene rings is 2. The van der Waals surface area contributed by atoms with Crippen LogP contribution in [0.4, 0.5) is 17.1 Å². The molecule has 0 saturated carbocycles. The molecule has 1 atom stereocenters. The summed E-state index contributed by atoms with van der Waals surface area (Å²) in [5.74, 6) is -0.503. The molecule has 138 valence electrons. The van der Waals surface area contributed by atoms with Gasteiger partial charge in [0.15, 0.2) is 0 Å². The number of anilines is 3. The van der Waals surface area contributed by atoms with Crippen molar-refractivity contribution in [2.24, 2.45) is 0 Å². The molecule has 0 radical (unpaired) electrons. The van der Waals surface area contributed by atoms with Gasteiger partial charge < -0.3 is 15.1 Å². The van der Waals surface area contributed by atoms with Crippen molar-refractivity contribution in [3.05, 3.63) is 54.1 Å². The van der Waals surface area contributed by atoms with Crippen LogP contribution in [0.1, 0.15) is 25.3 Å². The first kappa shape index (κ1) is 17.3. The minimum atomic E-state index is -0.226. The van der Waals surface area contributed by atoms with Crippen LogP contribution in [0.5, 0.6) is 0 Å². The molecule has 0 aromatic heterocycles. The Labute approximate surface area is 157 Å². The van der Waals surface area contributed by atoms with Gasteiger partial charge in [-0.05, 0) is 37.1 Å². The number of carbonyl (C=O) groups excluding carboxylic acids is 3. The number of para-hydroxylation sites is 3. The highest BCUT2D eigenvalue weighted by atomic mass is 16.2. The lowest BCUT2D eigenvalue weighted by Crippen LogP contribution is -2.43. The van der Waals surface area contributed by atoms with Gasteiger partial charge >= 0.3 is 0 Å². The zero-order valence-electron chi connectivity index (χ0n) is 15.1. The summed E-state index contributed by atoms with van der Waals surface area (Å²) in [5, 5.41) is 2.76. The van der Waals surface area contributed by atoms with Gasteiger partial charge in [0.2, 0.25) is 17.7 Å². The molecule has 0 bridgehead atoms. The van der Waals surface area contributed by atoms with E-state index in [1.807, 2.05) is 43.3 Å². The van der Waals surface area contributed by atoms with E-state index in [0.29, 0.717) is 11.4 Å². The van der Waals surface area contributed by atoms with E-state index in [0.717, 1.165) is 17.7 Å². The maximum Gasteiger partial charge on any atom is 0.244 e. The molecule has 2 aromatic carbocycles. The Kier molecular flexibility index (Phi) is 4.39. The second-order valence-corrected chi connectivity index (χ2v) is 6.99. The molecule has 27 heavy (non-hydrogen) atoms. The number of fused-ring (bicyclic) bond motifs is 2. The summed E-state index contributed by atoms with van der Waals surface area (Å²) in [5.41, 5.74) is 3.39. The molecule has 0 fully saturated rings. The van der Waals surface area contributed by atoms with Gasteiger partial charge in [0.25, 0.3) is 0 Å². The Morgan fingerprint density at radius 2 is 1.67 bits per heavy atom. The third-order valence-corrected chi connectivity index (χ3v) is 5.10. The van der Waals surface area contributed by atoms with E-state index in [4.69, 9.17) is 0 Å². The summed E-state index contributed by atoms with van der Waals surface area (Å²) in [4.78, 5) is 40.7. The van der Waals surface area contributed by atoms with Crippen molar-refractivity contribution in [3.8, 4) is 0 Å². The van der Waals surface area contributed by atoms with E-state index in [2.05, 4.69) is 5.32 Å². The van der Waals surface area contributed by atoms with Crippen molar-refractivity contribution in [1.29, 1.82) is 0 Å². The molecule has 0 saturated heterocycles. The first-order chi connectivity index (χ1) is 13.0. The maximum absolute atomic E-state index is 12.8. The quantitative estimate of drug-likeness (QED) is 0.912. The molecule has 2 heterocycles. The molecule has 0 aliphatic carbocycles. The Morgan fingerprint density at radius 3 is 2.48 bits per heavy atom. The topological polar surface area (TPSA) is 69.7 Å². The van der Waals surface area contributed by atoms with E-state index in [9.17, 15) is 14.4 Å². The van der Waals surface area contributed by atoms with E-state index >= 15 is 0 Å². The summed E-state index contributed by atoms with van der Waals surface area (Å²) in [7, 11) is 0. The molecule has 2 aliphatic rings. The van der Waals surface area contributed by atoms with Gasteiger partial charge in [-0.2, -0.15) is 0 Å². The van der Waals surface area contributed by atoms with Crippen LogP contribution in [0.25, 0.3) is 0 Å². The molecule has 1 unspecified atom stereocenters. The van der Waals surface area contributed by atoms with Crippen molar-refractivity contribution in [2.75, 3.05) is 21.7 Å². The van der Waals surface area contributed by atoms with E-state index in [1.165, 1.54) is 4.90 Å². The lowest BCUT2D eigenvalue weighted by Gasteiger charge is -2.29. The molecule has 6 heteroatoms. The van der Waals surface area contributed by atoms with Crippen LogP contribution in [-0.4, -0.2) is 30.3 Å². The van der Waals surface area contributed by atoms with Crippen molar-refractivity contribution in [1.82, 2.24) is 0 Å². The van der Waals surface area contributed by atoms with Gasteiger partial charge in [0, 0.05) is 24.6 Å². The van der Waals surface area contributed by atoms with Crippen LogP contribution < -0.4 is 15.1 Å². The lowest BCUT2D eigenvalue weighted by atomic mass is 10.1. The van der Waals surface area contributed by atoms with E-state index in [-0.39, 0.29) is 43.1 Å². The third kappa shape index (κ3) is 3.18. The van der Waals surface area contributed by atoms with Crippen LogP contribution >= 0.6 is 0 Å². The highest BCUT2D eigenvalue weighted by Gasteiger charge is 2.32. The van der Waals surface area contributed by atoms with E-state index in [1.54, 1.807) is 17.0 Å². The molecule has 2 aromatic rings. The number of hydrogen-bond acceptors (Lipinski definition) is 3. The number of nitrogens with one attached hydrogen (secondary N) is 1. The normalized spacial score (nSPS) is 18.0. The number of amides is 3. The van der Waals surface area contributed by atoms with Crippen LogP contribution in [0, 0.1) is 0 Å². The smallest absolute Gasteiger partial charge is 0.244 e. The van der Waals surface area contributed by atoms with Gasteiger partial charge in [-0.3, -0.25) is 14.4 Å². The zero-order chi connectivity index (χ0) is 19.0. The van der Waals surface area contributed by atoms with Crippen LogP contribution in [0.15, 0.2) is 48.5 Å². The van der Waals surface area contributed by atoms with Crippen LogP contribution in [0.2, 0.25) is 0 Å². The van der Waals surface area contributed by atoms with Crippen LogP contribution in [0.3, 0.4) is 0 Å². The number of rotatable bonds is 3. The molecule has 2 aliphatic heterocycles. The molecule has 3 amide bonds. The Balaban J connectivity index is 1.46. The monoisotopic (exact) mass is 363 g/mol. The summed E-state index contributed by atoms with van der Waals surface area (Å²) in [6.07, 6.45) is 1.03. The van der Waals surface area contributed by atoms with E-state index < -0.39 is 0 Å². The fourth-order valence-corrected chi connectivity index (χ4v) is 3.87. The highest BCUT2D eigenvalue weighted by molar-refractivity contribution is 6.10. The second-order valence-electron chi connectivity index (χ2n) is 6.99. The SMILES string of the molecule is CC1Cc2ccccc2N1C(=O)CCC(=O)N1CC(=O)Nc2ccccc21. The van der Waals surface area contributed by atoms with Gasteiger partial charge in [0.1, 0.15) is 6.54 Å². The average Bonchev–Trinajstić information content (AvgIpc) is 3.00. The van der Waals surface area contributed by atoms with Crippen molar-refractivity contribution < 1.29 is 14.4 Å². The van der Waals surface area contributed by atoms with Crippen molar-refractivity contribution in [3.63, 3.8) is 0 Å². The molecule has 6 nitrogen and oxygen atoms in total. The molecule has 1 N–H and O–H groups in total. The summed E-state index contributed by atoms with van der Waals surface area (Å²) in [6.45, 7) is 2.00. The first-order valence-corrected chi connectivity index (χ1v) is 9.14. The Bertz CT molecular complexity index is 924. The van der Waals surface area contributed by atoms with Crippen molar-refractivity contribution in [2.45, 2.75) is 32.2 Å². The standard InChI is InChI=1S/C21H21N3O3/c1-14-12-15-6-2-4-8-17(15)24(14)21(27)11-10-20(26)23-13-19(25)22-16-7-3-5-9-18(16)23/h2-9,14H,10-13H2,1H3,(H,22,25). The largest absolute Gasteiger partial charge is 0.323 e.